The molecule has 1 aromatic rings. The number of rotatable bonds is 3. The summed E-state index contributed by atoms with van der Waals surface area (Å²) in [7, 11) is 1.42. The number of carboxylic acid groups (broad SMARTS) is 1. The van der Waals surface area contributed by atoms with E-state index in [0.717, 1.165) is 0 Å². The number of hydrogen-bond acceptors (Lipinski definition) is 3. The van der Waals surface area contributed by atoms with Gasteiger partial charge >= 0.3 is 5.97 Å². The van der Waals surface area contributed by atoms with E-state index < -0.39 is 12.0 Å². The smallest absolute Gasteiger partial charge is 0.325 e. The van der Waals surface area contributed by atoms with Crippen molar-refractivity contribution in [3.05, 3.63) is 28.8 Å². The summed E-state index contributed by atoms with van der Waals surface area (Å²) in [5.74, 6) is -0.811. The molecule has 0 saturated heterocycles. The quantitative estimate of drug-likeness (QED) is 0.800. The summed E-state index contributed by atoms with van der Waals surface area (Å²) in [4.78, 5) is 10.7. The maximum absolute atomic E-state index is 10.7. The molecule has 0 radical (unpaired) electrons. The molecule has 76 valence electrons. The zero-order valence-corrected chi connectivity index (χ0v) is 8.28. The third-order valence-corrected chi connectivity index (χ3v) is 2.10. The van der Waals surface area contributed by atoms with Crippen LogP contribution in [0.4, 0.5) is 0 Å². The Hall–Kier alpha value is -1.26. The highest BCUT2D eigenvalue weighted by atomic mass is 35.5. The van der Waals surface area contributed by atoms with Gasteiger partial charge in [0.15, 0.2) is 0 Å². The third kappa shape index (κ3) is 1.97. The van der Waals surface area contributed by atoms with Gasteiger partial charge < -0.3 is 15.6 Å². The first-order valence-corrected chi connectivity index (χ1v) is 4.26. The minimum Gasteiger partial charge on any atom is -0.495 e. The summed E-state index contributed by atoms with van der Waals surface area (Å²) >= 11 is 5.80. The summed E-state index contributed by atoms with van der Waals surface area (Å²) in [6, 6.07) is 3.69. The fourth-order valence-corrected chi connectivity index (χ4v) is 1.38. The van der Waals surface area contributed by atoms with Crippen LogP contribution in [-0.2, 0) is 4.79 Å². The van der Waals surface area contributed by atoms with Crippen LogP contribution in [0.2, 0.25) is 5.02 Å². The molecule has 1 atom stereocenters. The van der Waals surface area contributed by atoms with Gasteiger partial charge in [-0.3, -0.25) is 4.79 Å². The second kappa shape index (κ2) is 4.30. The molecule has 0 bridgehead atoms. The maximum atomic E-state index is 10.7. The zero-order chi connectivity index (χ0) is 10.7. The molecule has 0 aliphatic rings. The van der Waals surface area contributed by atoms with Crippen LogP contribution in [-0.4, -0.2) is 18.2 Å². The van der Waals surface area contributed by atoms with Gasteiger partial charge in [0, 0.05) is 5.56 Å². The van der Waals surface area contributed by atoms with Gasteiger partial charge in [-0.25, -0.2) is 0 Å². The highest BCUT2D eigenvalue weighted by Crippen LogP contribution is 2.31. The van der Waals surface area contributed by atoms with Crippen molar-refractivity contribution >= 4 is 17.6 Å². The van der Waals surface area contributed by atoms with Gasteiger partial charge in [0.05, 0.1) is 12.1 Å². The van der Waals surface area contributed by atoms with E-state index in [2.05, 4.69) is 0 Å². The van der Waals surface area contributed by atoms with Crippen LogP contribution in [0.3, 0.4) is 0 Å². The van der Waals surface area contributed by atoms with Crippen molar-refractivity contribution in [2.75, 3.05) is 7.11 Å². The minimum atomic E-state index is -1.12. The highest BCUT2D eigenvalue weighted by molar-refractivity contribution is 6.32. The first-order chi connectivity index (χ1) is 6.57. The van der Waals surface area contributed by atoms with Crippen LogP contribution in [0.5, 0.6) is 5.75 Å². The predicted molar refractivity (Wildman–Crippen MR) is 52.6 cm³/mol. The Morgan fingerprint density at radius 1 is 1.64 bits per heavy atom. The molecule has 0 spiro atoms. The number of para-hydroxylation sites is 1. The van der Waals surface area contributed by atoms with Crippen molar-refractivity contribution in [1.29, 1.82) is 0 Å². The summed E-state index contributed by atoms with van der Waals surface area (Å²) < 4.78 is 4.97. The molecule has 3 N–H and O–H groups in total. The second-order valence-electron chi connectivity index (χ2n) is 2.68. The van der Waals surface area contributed by atoms with Crippen molar-refractivity contribution in [3.8, 4) is 5.75 Å². The van der Waals surface area contributed by atoms with Crippen LogP contribution in [0, 0.1) is 0 Å². The lowest BCUT2D eigenvalue weighted by Gasteiger charge is -2.12. The van der Waals surface area contributed by atoms with E-state index in [4.69, 9.17) is 27.2 Å². The monoisotopic (exact) mass is 215 g/mol. The molecule has 5 heteroatoms. The molecular formula is C9H10ClNO3. The van der Waals surface area contributed by atoms with E-state index in [9.17, 15) is 4.79 Å². The zero-order valence-electron chi connectivity index (χ0n) is 7.53. The summed E-state index contributed by atoms with van der Waals surface area (Å²) in [5, 5.41) is 9.07. The van der Waals surface area contributed by atoms with E-state index in [-0.39, 0.29) is 0 Å². The summed E-state index contributed by atoms with van der Waals surface area (Å²) in [5.41, 5.74) is 5.81. The summed E-state index contributed by atoms with van der Waals surface area (Å²) in [6.45, 7) is 0. The Morgan fingerprint density at radius 3 is 2.79 bits per heavy atom. The van der Waals surface area contributed by atoms with E-state index in [1.165, 1.54) is 7.11 Å². The van der Waals surface area contributed by atoms with Crippen molar-refractivity contribution in [2.45, 2.75) is 6.04 Å². The molecule has 4 nitrogen and oxygen atoms in total. The number of hydrogen-bond donors (Lipinski definition) is 2. The fourth-order valence-electron chi connectivity index (χ4n) is 1.12. The van der Waals surface area contributed by atoms with Crippen LogP contribution >= 0.6 is 11.6 Å². The number of benzene rings is 1. The minimum absolute atomic E-state index is 0.309. The van der Waals surface area contributed by atoms with E-state index in [1.54, 1.807) is 18.2 Å². The molecule has 1 rings (SSSR count). The van der Waals surface area contributed by atoms with Crippen LogP contribution in [0.1, 0.15) is 11.6 Å². The number of halogens is 1. The number of carbonyl (C=O) groups is 1. The Kier molecular flexibility index (Phi) is 3.33. The Balaban J connectivity index is 3.20. The lowest BCUT2D eigenvalue weighted by Crippen LogP contribution is -2.21. The van der Waals surface area contributed by atoms with Gasteiger partial charge in [0.25, 0.3) is 0 Å². The molecule has 0 fully saturated rings. The van der Waals surface area contributed by atoms with E-state index in [0.29, 0.717) is 16.3 Å². The number of methoxy groups -OCH3 is 1. The van der Waals surface area contributed by atoms with E-state index >= 15 is 0 Å². The number of ether oxygens (including phenoxy) is 1. The average Bonchev–Trinajstić information content (AvgIpc) is 2.16. The van der Waals surface area contributed by atoms with Crippen molar-refractivity contribution in [3.63, 3.8) is 0 Å². The van der Waals surface area contributed by atoms with Gasteiger partial charge in [-0.15, -0.1) is 0 Å². The number of carboxylic acids is 1. The van der Waals surface area contributed by atoms with Gasteiger partial charge in [-0.1, -0.05) is 23.7 Å². The molecule has 0 aromatic heterocycles. The predicted octanol–water partition coefficient (Wildman–Crippen LogP) is 1.43. The van der Waals surface area contributed by atoms with Crippen molar-refractivity contribution < 1.29 is 14.6 Å². The Labute approximate surface area is 86.2 Å². The molecular weight excluding hydrogens is 206 g/mol. The van der Waals surface area contributed by atoms with Gasteiger partial charge in [-0.05, 0) is 6.07 Å². The third-order valence-electron chi connectivity index (χ3n) is 1.80. The number of aliphatic carboxylic acids is 1. The van der Waals surface area contributed by atoms with Crippen LogP contribution in [0.15, 0.2) is 18.2 Å². The van der Waals surface area contributed by atoms with Crippen molar-refractivity contribution in [1.82, 2.24) is 0 Å². The largest absolute Gasteiger partial charge is 0.495 e. The topological polar surface area (TPSA) is 72.5 Å². The normalized spacial score (nSPS) is 12.2. The van der Waals surface area contributed by atoms with Crippen molar-refractivity contribution in [2.24, 2.45) is 5.73 Å². The molecule has 0 saturated carbocycles. The molecule has 0 aliphatic heterocycles. The van der Waals surface area contributed by atoms with Gasteiger partial charge in [0.1, 0.15) is 11.8 Å². The van der Waals surface area contributed by atoms with Gasteiger partial charge in [-0.2, -0.15) is 0 Å². The number of nitrogens with two attached hydrogens (primary N) is 1. The van der Waals surface area contributed by atoms with Crippen LogP contribution < -0.4 is 10.5 Å². The SMILES string of the molecule is COc1c(Cl)cccc1C(N)C(=O)O. The average molecular weight is 216 g/mol. The first-order valence-electron chi connectivity index (χ1n) is 3.88. The molecule has 1 aromatic carbocycles. The second-order valence-corrected chi connectivity index (χ2v) is 3.09. The summed E-state index contributed by atoms with van der Waals surface area (Å²) in [6.07, 6.45) is 0. The Bertz CT molecular complexity index is 354. The molecule has 1 unspecified atom stereocenters. The van der Waals surface area contributed by atoms with Gasteiger partial charge in [0.2, 0.25) is 0 Å². The van der Waals surface area contributed by atoms with Crippen LogP contribution in [0.25, 0.3) is 0 Å². The lowest BCUT2D eigenvalue weighted by molar-refractivity contribution is -0.138. The maximum Gasteiger partial charge on any atom is 0.325 e. The molecule has 0 heterocycles. The lowest BCUT2D eigenvalue weighted by atomic mass is 10.1. The fraction of sp³-hybridized carbons (Fsp3) is 0.222. The standard InChI is InChI=1S/C9H10ClNO3/c1-14-8-5(7(11)9(12)13)3-2-4-6(8)10/h2-4,7H,11H2,1H3,(H,12,13). The Morgan fingerprint density at radius 2 is 2.29 bits per heavy atom. The highest BCUT2D eigenvalue weighted by Gasteiger charge is 2.19. The molecule has 14 heavy (non-hydrogen) atoms. The molecule has 0 amide bonds. The molecule has 0 aliphatic carbocycles. The van der Waals surface area contributed by atoms with E-state index in [1.807, 2.05) is 0 Å². The first kappa shape index (κ1) is 10.8.